The normalized spacial score (nSPS) is 9.94. The molecule has 2 N–H and O–H groups in total. The molecule has 0 aromatic carbocycles. The number of aliphatic carboxylic acids is 1. The van der Waals surface area contributed by atoms with Gasteiger partial charge in [0.15, 0.2) is 0 Å². The number of hydrogen-bond donors (Lipinski definition) is 2. The first-order chi connectivity index (χ1) is 7.70. The fourth-order valence-electron chi connectivity index (χ4n) is 0.671. The van der Waals surface area contributed by atoms with Crippen LogP contribution in [0.2, 0.25) is 0 Å². The van der Waals surface area contributed by atoms with Crippen LogP contribution < -0.4 is 0 Å². The number of carboxylic acid groups (broad SMARTS) is 1. The quantitative estimate of drug-likeness (QED) is 0.815. The fraction of sp³-hybridized carbons (Fsp3) is 0.900. The maximum atomic E-state index is 10.6. The predicted molar refractivity (Wildman–Crippen MR) is 59.9 cm³/mol. The monoisotopic (exact) mass is 261 g/mol. The number of rotatable bonds is 3. The molecule has 0 fully saturated rings. The van der Waals surface area contributed by atoms with Gasteiger partial charge in [-0.1, -0.05) is 20.8 Å². The Hall–Kier alpha value is -0.820. The zero-order chi connectivity index (χ0) is 14.5. The maximum absolute atomic E-state index is 10.6. The second-order valence-electron chi connectivity index (χ2n) is 2.74. The summed E-state index contributed by atoms with van der Waals surface area (Å²) in [5.74, 6) is -2.76. The molecule has 7 heteroatoms. The van der Waals surface area contributed by atoms with Gasteiger partial charge in [-0.3, -0.25) is 0 Å². The van der Waals surface area contributed by atoms with Crippen LogP contribution in [0.1, 0.15) is 27.7 Å². The van der Waals surface area contributed by atoms with E-state index in [1.165, 1.54) is 19.6 Å². The summed E-state index contributed by atoms with van der Waals surface area (Å²) in [4.78, 5) is 11.3. The molecule has 4 nitrogen and oxygen atoms in total. The van der Waals surface area contributed by atoms with E-state index in [4.69, 9.17) is 15.0 Å². The molecule has 0 atom stereocenters. The Morgan fingerprint density at radius 2 is 1.24 bits per heavy atom. The summed E-state index contributed by atoms with van der Waals surface area (Å²) in [5.41, 5.74) is 0. The predicted octanol–water partition coefficient (Wildman–Crippen LogP) is 1.98. The molecule has 0 aliphatic heterocycles. The molecule has 17 heavy (non-hydrogen) atoms. The number of nitrogens with zero attached hydrogens (tertiary/aromatic N) is 1. The minimum absolute atomic E-state index is 0.250. The van der Waals surface area contributed by atoms with Crippen molar-refractivity contribution in [2.75, 3.05) is 26.2 Å². The summed E-state index contributed by atoms with van der Waals surface area (Å²) >= 11 is 0. The largest absolute Gasteiger partial charge is 0.490 e. The number of aliphatic hydroxyl groups is 1. The molecule has 106 valence electrons. The molecule has 0 amide bonds. The Morgan fingerprint density at radius 3 is 1.24 bits per heavy atom. The molecule has 0 bridgehead atoms. The van der Waals surface area contributed by atoms with Gasteiger partial charge in [0.05, 0.1) is 0 Å². The third kappa shape index (κ3) is 21.1. The highest BCUT2D eigenvalue weighted by atomic mass is 19.4. The van der Waals surface area contributed by atoms with Crippen LogP contribution in [0.25, 0.3) is 0 Å². The van der Waals surface area contributed by atoms with Crippen molar-refractivity contribution >= 4 is 5.97 Å². The van der Waals surface area contributed by atoms with Gasteiger partial charge in [-0.25, -0.2) is 4.79 Å². The first-order valence-electron chi connectivity index (χ1n) is 5.34. The van der Waals surface area contributed by atoms with Crippen molar-refractivity contribution in [1.82, 2.24) is 4.90 Å². The molecule has 0 unspecified atom stereocenters. The van der Waals surface area contributed by atoms with Crippen molar-refractivity contribution in [3.8, 4) is 0 Å². The second kappa shape index (κ2) is 13.2. The fourth-order valence-corrected chi connectivity index (χ4v) is 0.671. The van der Waals surface area contributed by atoms with E-state index in [1.807, 2.05) is 0 Å². The third-order valence-electron chi connectivity index (χ3n) is 1.58. The first-order valence-corrected chi connectivity index (χ1v) is 5.34. The molecule has 0 rings (SSSR count). The maximum Gasteiger partial charge on any atom is 0.490 e. The van der Waals surface area contributed by atoms with E-state index in [-0.39, 0.29) is 6.61 Å². The zero-order valence-corrected chi connectivity index (χ0v) is 10.7. The van der Waals surface area contributed by atoms with Gasteiger partial charge in [0, 0.05) is 6.61 Å². The van der Waals surface area contributed by atoms with Gasteiger partial charge in [0.25, 0.3) is 0 Å². The van der Waals surface area contributed by atoms with Crippen LogP contribution in [0.15, 0.2) is 0 Å². The van der Waals surface area contributed by atoms with Gasteiger partial charge in [-0.2, -0.15) is 13.2 Å². The third-order valence-corrected chi connectivity index (χ3v) is 1.58. The van der Waals surface area contributed by atoms with Gasteiger partial charge in [0.1, 0.15) is 0 Å². The van der Waals surface area contributed by atoms with Crippen LogP contribution in [0.3, 0.4) is 0 Å². The Balaban J connectivity index is -0.000000188. The van der Waals surface area contributed by atoms with Crippen molar-refractivity contribution in [3.63, 3.8) is 0 Å². The highest BCUT2D eigenvalue weighted by Crippen LogP contribution is 2.13. The molecule has 0 saturated carbocycles. The minimum Gasteiger partial charge on any atom is -0.475 e. The average molecular weight is 261 g/mol. The van der Waals surface area contributed by atoms with Crippen LogP contribution in [-0.2, 0) is 4.79 Å². The van der Waals surface area contributed by atoms with E-state index in [1.54, 1.807) is 6.92 Å². The second-order valence-corrected chi connectivity index (χ2v) is 2.74. The number of hydrogen-bond acceptors (Lipinski definition) is 3. The lowest BCUT2D eigenvalue weighted by Gasteiger charge is -2.13. The molecule has 0 saturated heterocycles. The van der Waals surface area contributed by atoms with Gasteiger partial charge in [-0.05, 0) is 26.6 Å². The molecule has 0 aliphatic carbocycles. The number of alkyl halides is 3. The lowest BCUT2D eigenvalue weighted by atomic mass is 10.5. The lowest BCUT2D eigenvalue weighted by molar-refractivity contribution is -0.192. The standard InChI is InChI=1S/C6H15N.C2HF3O2.C2H6O/c1-4-7(5-2)6-3;3-2(4,5)1(6)7;1-2-3/h4-6H2,1-3H3;(H,6,7);3H,2H2,1H3. The Kier molecular flexibility index (Phi) is 16.7. The first kappa shape index (κ1) is 21.5. The number of carboxylic acids is 1. The van der Waals surface area contributed by atoms with E-state index in [0.29, 0.717) is 0 Å². The topological polar surface area (TPSA) is 60.8 Å². The summed E-state index contributed by atoms with van der Waals surface area (Å²) < 4.78 is 31.7. The molecular weight excluding hydrogens is 239 g/mol. The van der Waals surface area contributed by atoms with Crippen LogP contribution >= 0.6 is 0 Å². The van der Waals surface area contributed by atoms with Crippen molar-refractivity contribution in [2.24, 2.45) is 0 Å². The summed E-state index contributed by atoms with van der Waals surface area (Å²) in [6.45, 7) is 12.1. The van der Waals surface area contributed by atoms with Crippen molar-refractivity contribution in [1.29, 1.82) is 0 Å². The van der Waals surface area contributed by atoms with E-state index in [0.717, 1.165) is 0 Å². The van der Waals surface area contributed by atoms with Gasteiger partial charge in [-0.15, -0.1) is 0 Å². The van der Waals surface area contributed by atoms with Crippen LogP contribution in [0, 0.1) is 0 Å². The van der Waals surface area contributed by atoms with E-state index >= 15 is 0 Å². The van der Waals surface area contributed by atoms with Crippen LogP contribution in [0.4, 0.5) is 13.2 Å². The Bertz CT molecular complexity index is 165. The minimum atomic E-state index is -5.08. The van der Waals surface area contributed by atoms with Crippen molar-refractivity contribution in [3.05, 3.63) is 0 Å². The summed E-state index contributed by atoms with van der Waals surface area (Å²) in [7, 11) is 0. The highest BCUT2D eigenvalue weighted by molar-refractivity contribution is 5.73. The van der Waals surface area contributed by atoms with Gasteiger partial charge < -0.3 is 15.1 Å². The molecule has 0 radical (unpaired) electrons. The Labute approximate surface area is 100 Å². The van der Waals surface area contributed by atoms with Crippen LogP contribution in [-0.4, -0.2) is 53.5 Å². The van der Waals surface area contributed by atoms with Gasteiger partial charge in [0.2, 0.25) is 0 Å². The summed E-state index contributed by atoms with van der Waals surface area (Å²) in [5, 5.41) is 14.7. The molecule has 0 spiro atoms. The van der Waals surface area contributed by atoms with E-state index in [9.17, 15) is 13.2 Å². The van der Waals surface area contributed by atoms with Gasteiger partial charge >= 0.3 is 12.1 Å². The molecule has 0 aromatic rings. The zero-order valence-electron chi connectivity index (χ0n) is 10.7. The summed E-state index contributed by atoms with van der Waals surface area (Å²) in [6.07, 6.45) is -5.08. The Morgan fingerprint density at radius 1 is 1.06 bits per heavy atom. The number of carbonyl (C=O) groups is 1. The SMILES string of the molecule is CCN(CC)CC.CCO.O=C(O)C(F)(F)F. The number of aliphatic hydroxyl groups excluding tert-OH is 1. The van der Waals surface area contributed by atoms with Crippen molar-refractivity contribution in [2.45, 2.75) is 33.9 Å². The highest BCUT2D eigenvalue weighted by Gasteiger charge is 2.38. The molecule has 0 aliphatic rings. The molecular formula is C10H22F3NO3. The smallest absolute Gasteiger partial charge is 0.475 e. The number of halogens is 3. The molecule has 0 heterocycles. The lowest BCUT2D eigenvalue weighted by Crippen LogP contribution is -2.21. The van der Waals surface area contributed by atoms with Crippen molar-refractivity contribution < 1.29 is 28.2 Å². The molecule has 0 aromatic heterocycles. The van der Waals surface area contributed by atoms with Crippen LogP contribution in [0.5, 0.6) is 0 Å². The van der Waals surface area contributed by atoms with E-state index in [2.05, 4.69) is 25.7 Å². The summed E-state index contributed by atoms with van der Waals surface area (Å²) in [6, 6.07) is 0. The van der Waals surface area contributed by atoms with E-state index < -0.39 is 12.1 Å². The average Bonchev–Trinajstić information content (AvgIpc) is 2.21.